The van der Waals surface area contributed by atoms with Crippen molar-refractivity contribution in [2.75, 3.05) is 11.4 Å². The molecule has 2 heterocycles. The van der Waals surface area contributed by atoms with Gasteiger partial charge in [0.05, 0.1) is 17.6 Å². The monoisotopic (exact) mass is 395 g/mol. The van der Waals surface area contributed by atoms with Crippen LogP contribution in [0.2, 0.25) is 0 Å². The lowest BCUT2D eigenvalue weighted by Crippen LogP contribution is -2.36. The van der Waals surface area contributed by atoms with Crippen LogP contribution in [0.15, 0.2) is 42.2 Å². The van der Waals surface area contributed by atoms with E-state index in [1.54, 1.807) is 33.8 Å². The van der Waals surface area contributed by atoms with Gasteiger partial charge in [-0.2, -0.15) is 13.2 Å². The molecule has 0 aromatic carbocycles. The maximum absolute atomic E-state index is 13.7. The SMILES string of the molecule is CC(C)=CCN(C(=O)C(C)C)c1ccc(-c2cncc(F)c2)nc1C(F)(F)F. The molecule has 2 rings (SSSR count). The fourth-order valence-corrected chi connectivity index (χ4v) is 2.48. The van der Waals surface area contributed by atoms with Gasteiger partial charge in [-0.05, 0) is 32.0 Å². The largest absolute Gasteiger partial charge is 0.435 e. The Morgan fingerprint density at radius 3 is 2.43 bits per heavy atom. The van der Waals surface area contributed by atoms with Crippen LogP contribution in [0.1, 0.15) is 33.4 Å². The zero-order chi connectivity index (χ0) is 21.1. The predicted molar refractivity (Wildman–Crippen MR) is 99.1 cm³/mol. The third-order valence-corrected chi connectivity index (χ3v) is 3.88. The van der Waals surface area contributed by atoms with Gasteiger partial charge in [-0.15, -0.1) is 0 Å². The van der Waals surface area contributed by atoms with E-state index in [4.69, 9.17) is 0 Å². The number of rotatable bonds is 5. The van der Waals surface area contributed by atoms with Crippen molar-refractivity contribution >= 4 is 11.6 Å². The van der Waals surface area contributed by atoms with Crippen molar-refractivity contribution in [2.45, 2.75) is 33.9 Å². The molecular weight excluding hydrogens is 374 g/mol. The fraction of sp³-hybridized carbons (Fsp3) is 0.350. The predicted octanol–water partition coefficient (Wildman–Crippen LogP) is 5.26. The highest BCUT2D eigenvalue weighted by Crippen LogP contribution is 2.37. The summed E-state index contributed by atoms with van der Waals surface area (Å²) < 4.78 is 54.6. The van der Waals surface area contributed by atoms with E-state index >= 15 is 0 Å². The van der Waals surface area contributed by atoms with Gasteiger partial charge >= 0.3 is 6.18 Å². The van der Waals surface area contributed by atoms with Gasteiger partial charge < -0.3 is 4.90 Å². The molecule has 1 amide bonds. The molecule has 0 unspecified atom stereocenters. The molecule has 150 valence electrons. The van der Waals surface area contributed by atoms with Crippen LogP contribution in [0.3, 0.4) is 0 Å². The minimum atomic E-state index is -4.80. The number of hydrogen-bond acceptors (Lipinski definition) is 3. The van der Waals surface area contributed by atoms with Crippen molar-refractivity contribution < 1.29 is 22.4 Å². The highest BCUT2D eigenvalue weighted by molar-refractivity contribution is 5.95. The molecule has 0 radical (unpaired) electrons. The topological polar surface area (TPSA) is 46.1 Å². The number of nitrogens with zero attached hydrogens (tertiary/aromatic N) is 3. The van der Waals surface area contributed by atoms with Crippen molar-refractivity contribution in [1.82, 2.24) is 9.97 Å². The third-order valence-electron chi connectivity index (χ3n) is 3.88. The van der Waals surface area contributed by atoms with Gasteiger partial charge in [-0.1, -0.05) is 25.5 Å². The highest BCUT2D eigenvalue weighted by atomic mass is 19.4. The van der Waals surface area contributed by atoms with Crippen LogP contribution in [-0.2, 0) is 11.0 Å². The first-order chi connectivity index (χ1) is 13.0. The van der Waals surface area contributed by atoms with E-state index in [0.717, 1.165) is 22.7 Å². The van der Waals surface area contributed by atoms with Gasteiger partial charge in [0.15, 0.2) is 5.69 Å². The standard InChI is InChI=1S/C20H21F4N3O/c1-12(2)7-8-27(19(28)13(3)4)17-6-5-16(26-18(17)20(22,23)24)14-9-15(21)11-25-10-14/h5-7,9-11,13H,8H2,1-4H3. The Kier molecular flexibility index (Phi) is 6.53. The molecule has 8 heteroatoms. The number of halogens is 4. The van der Waals surface area contributed by atoms with Crippen molar-refractivity contribution in [2.24, 2.45) is 5.92 Å². The summed E-state index contributed by atoms with van der Waals surface area (Å²) in [5.74, 6) is -1.64. The summed E-state index contributed by atoms with van der Waals surface area (Å²) in [5, 5.41) is 0. The average molecular weight is 395 g/mol. The average Bonchev–Trinajstić information content (AvgIpc) is 2.60. The Bertz CT molecular complexity index is 887. The van der Waals surface area contributed by atoms with Crippen molar-refractivity contribution in [3.63, 3.8) is 0 Å². The molecule has 0 spiro atoms. The second-order valence-corrected chi connectivity index (χ2v) is 6.84. The molecule has 0 N–H and O–H groups in total. The molecule has 0 atom stereocenters. The molecule has 4 nitrogen and oxygen atoms in total. The number of pyridine rings is 2. The van der Waals surface area contributed by atoms with E-state index in [2.05, 4.69) is 9.97 Å². The zero-order valence-electron chi connectivity index (χ0n) is 16.0. The van der Waals surface area contributed by atoms with E-state index in [1.165, 1.54) is 18.3 Å². The van der Waals surface area contributed by atoms with Crippen LogP contribution in [0.4, 0.5) is 23.2 Å². The molecule has 0 bridgehead atoms. The molecule has 0 aliphatic heterocycles. The van der Waals surface area contributed by atoms with Gasteiger partial charge in [-0.25, -0.2) is 9.37 Å². The summed E-state index contributed by atoms with van der Waals surface area (Å²) in [7, 11) is 0. The van der Waals surface area contributed by atoms with E-state index in [1.807, 2.05) is 0 Å². The van der Waals surface area contributed by atoms with Crippen LogP contribution in [0.25, 0.3) is 11.3 Å². The fourth-order valence-electron chi connectivity index (χ4n) is 2.48. The minimum absolute atomic E-state index is 0.00895. The minimum Gasteiger partial charge on any atom is -0.306 e. The second kappa shape index (κ2) is 8.50. The molecule has 28 heavy (non-hydrogen) atoms. The quantitative estimate of drug-likeness (QED) is 0.513. The van der Waals surface area contributed by atoms with Gasteiger partial charge in [0.1, 0.15) is 5.82 Å². The molecule has 2 aromatic rings. The molecule has 0 saturated carbocycles. The lowest BCUT2D eigenvalue weighted by atomic mass is 10.1. The molecule has 0 saturated heterocycles. The summed E-state index contributed by atoms with van der Waals surface area (Å²) >= 11 is 0. The number of anilines is 1. The summed E-state index contributed by atoms with van der Waals surface area (Å²) in [6.45, 7) is 6.81. The van der Waals surface area contributed by atoms with Gasteiger partial charge in [0.2, 0.25) is 5.91 Å². The maximum atomic E-state index is 13.7. The van der Waals surface area contributed by atoms with Crippen molar-refractivity contribution in [3.8, 4) is 11.3 Å². The normalized spacial score (nSPS) is 11.5. The number of allylic oxidation sites excluding steroid dienone is 1. The van der Waals surface area contributed by atoms with Gasteiger partial charge in [0, 0.05) is 24.2 Å². The molecule has 0 aliphatic carbocycles. The van der Waals surface area contributed by atoms with E-state index in [-0.39, 0.29) is 23.5 Å². The molecule has 0 fully saturated rings. The first kappa shape index (κ1) is 21.5. The third kappa shape index (κ3) is 5.15. The molecule has 2 aromatic heterocycles. The lowest BCUT2D eigenvalue weighted by molar-refractivity contribution is -0.140. The first-order valence-corrected chi connectivity index (χ1v) is 8.64. The van der Waals surface area contributed by atoms with Crippen molar-refractivity contribution in [1.29, 1.82) is 0 Å². The Hall–Kier alpha value is -2.77. The van der Waals surface area contributed by atoms with Crippen LogP contribution < -0.4 is 4.90 Å². The lowest BCUT2D eigenvalue weighted by Gasteiger charge is -2.26. The first-order valence-electron chi connectivity index (χ1n) is 8.64. The molecular formula is C20H21F4N3O. The van der Waals surface area contributed by atoms with Crippen molar-refractivity contribution in [3.05, 3.63) is 53.8 Å². The maximum Gasteiger partial charge on any atom is 0.435 e. The Labute approximate surface area is 160 Å². The van der Waals surface area contributed by atoms with Gasteiger partial charge in [0.25, 0.3) is 0 Å². The van der Waals surface area contributed by atoms with E-state index in [0.29, 0.717) is 0 Å². The Morgan fingerprint density at radius 2 is 1.89 bits per heavy atom. The number of carbonyl (C=O) groups excluding carboxylic acids is 1. The zero-order valence-corrected chi connectivity index (χ0v) is 16.0. The summed E-state index contributed by atoms with van der Waals surface area (Å²) in [6.07, 6.45) is -0.951. The van der Waals surface area contributed by atoms with Gasteiger partial charge in [-0.3, -0.25) is 9.78 Å². The summed E-state index contributed by atoms with van der Waals surface area (Å²) in [4.78, 5) is 21.0. The number of aromatic nitrogens is 2. The number of alkyl halides is 3. The van der Waals surface area contributed by atoms with E-state index in [9.17, 15) is 22.4 Å². The Balaban J connectivity index is 2.63. The number of hydrogen-bond donors (Lipinski definition) is 0. The summed E-state index contributed by atoms with van der Waals surface area (Å²) in [6, 6.07) is 3.56. The Morgan fingerprint density at radius 1 is 1.21 bits per heavy atom. The summed E-state index contributed by atoms with van der Waals surface area (Å²) in [5.41, 5.74) is -0.641. The number of amides is 1. The van der Waals surface area contributed by atoms with Crippen LogP contribution in [0, 0.1) is 11.7 Å². The molecule has 0 aliphatic rings. The number of carbonyl (C=O) groups is 1. The van der Waals surface area contributed by atoms with Crippen LogP contribution in [-0.4, -0.2) is 22.4 Å². The van der Waals surface area contributed by atoms with E-state index < -0.39 is 29.5 Å². The second-order valence-electron chi connectivity index (χ2n) is 6.84. The highest BCUT2D eigenvalue weighted by Gasteiger charge is 2.38. The van der Waals surface area contributed by atoms with Crippen LogP contribution in [0.5, 0.6) is 0 Å². The smallest absolute Gasteiger partial charge is 0.306 e. The van der Waals surface area contributed by atoms with Crippen LogP contribution >= 0.6 is 0 Å².